The fourth-order valence-corrected chi connectivity index (χ4v) is 7.76. The molecule has 4 N–H and O–H groups in total. The van der Waals surface area contributed by atoms with E-state index in [0.717, 1.165) is 42.5 Å². The van der Waals surface area contributed by atoms with E-state index >= 15 is 0 Å². The van der Waals surface area contributed by atoms with E-state index in [1.54, 1.807) is 43.6 Å². The molecule has 5 rings (SSSR count). The number of carbonyl (C=O) groups excluding carboxylic acids is 1. The van der Waals surface area contributed by atoms with Crippen LogP contribution in [0.25, 0.3) is 10.8 Å². The van der Waals surface area contributed by atoms with Gasteiger partial charge in [-0.05, 0) is 90.5 Å². The Morgan fingerprint density at radius 1 is 0.930 bits per heavy atom. The van der Waals surface area contributed by atoms with Crippen molar-refractivity contribution in [2.45, 2.75) is 54.4 Å². The van der Waals surface area contributed by atoms with Crippen LogP contribution in [0.2, 0.25) is 0 Å². The SMILES string of the molecule is CN(CC(CCN1CCC(c2ccccc2[S+](C)[O-])CC1)c1ccc(F)c(F)c1)C(=O)c1cc([N+](=O)[O-])cc2ccccc12.O=C(O)CC(O)(CC(=O)O)C(=O)O. The number of carbonyl (C=O) groups is 4. The number of likely N-dealkylation sites (N-methyl/N-ethyl adjacent to an activating group) is 1. The predicted molar refractivity (Wildman–Crippen MR) is 206 cm³/mol. The molecule has 0 spiro atoms. The zero-order valence-corrected chi connectivity index (χ0v) is 32.0. The van der Waals surface area contributed by atoms with Crippen LogP contribution in [0.5, 0.6) is 0 Å². The van der Waals surface area contributed by atoms with Gasteiger partial charge in [-0.15, -0.1) is 0 Å². The Bertz CT molecular complexity index is 2090. The van der Waals surface area contributed by atoms with Crippen molar-refractivity contribution >= 4 is 51.5 Å². The van der Waals surface area contributed by atoms with Crippen LogP contribution in [0.3, 0.4) is 0 Å². The van der Waals surface area contributed by atoms with Crippen molar-refractivity contribution in [2.75, 3.05) is 39.5 Å². The fraction of sp³-hybridized carbons (Fsp3) is 0.350. The third-order valence-corrected chi connectivity index (χ3v) is 10.9. The number of aliphatic carboxylic acids is 3. The first-order chi connectivity index (χ1) is 26.9. The third-order valence-electron chi connectivity index (χ3n) is 9.88. The first kappa shape index (κ1) is 44.2. The molecule has 17 heteroatoms. The molecule has 4 aromatic carbocycles. The van der Waals surface area contributed by atoms with Crippen molar-refractivity contribution in [3.05, 3.63) is 117 Å². The number of nitrogens with zero attached hydrogens (tertiary/aromatic N) is 3. The van der Waals surface area contributed by atoms with E-state index in [-0.39, 0.29) is 29.6 Å². The summed E-state index contributed by atoms with van der Waals surface area (Å²) in [6, 6.07) is 21.5. The molecule has 57 heavy (non-hydrogen) atoms. The van der Waals surface area contributed by atoms with Gasteiger partial charge in [0.1, 0.15) is 6.26 Å². The van der Waals surface area contributed by atoms with Crippen LogP contribution in [0.15, 0.2) is 83.8 Å². The largest absolute Gasteiger partial charge is 0.612 e. The van der Waals surface area contributed by atoms with Gasteiger partial charge in [0.15, 0.2) is 22.1 Å². The molecule has 4 aromatic rings. The number of nitro benzene ring substituents is 1. The Kier molecular flexibility index (Phi) is 15.2. The number of hydrogen-bond donors (Lipinski definition) is 4. The lowest BCUT2D eigenvalue weighted by Crippen LogP contribution is -2.42. The Morgan fingerprint density at radius 2 is 1.54 bits per heavy atom. The van der Waals surface area contributed by atoms with E-state index in [4.69, 9.17) is 20.4 Å². The second-order valence-electron chi connectivity index (χ2n) is 13.9. The van der Waals surface area contributed by atoms with Crippen LogP contribution >= 0.6 is 0 Å². The maximum absolute atomic E-state index is 14.3. The number of non-ortho nitro benzene ring substituents is 1. The van der Waals surface area contributed by atoms with Crippen molar-refractivity contribution in [2.24, 2.45) is 0 Å². The Balaban J connectivity index is 0.000000476. The minimum Gasteiger partial charge on any atom is -0.612 e. The van der Waals surface area contributed by atoms with Crippen molar-refractivity contribution in [3.8, 4) is 0 Å². The summed E-state index contributed by atoms with van der Waals surface area (Å²) < 4.78 is 40.4. The standard InChI is InChI=1S/C34H35F2N3O4S.C6H8O7/c1-37(34(40)30-21-27(39(41)42)19-25-7-3-4-8-28(25)30)22-26(24-11-12-31(35)32(36)20-24)15-18-38-16-13-23(14-17-38)29-9-5-6-10-33(29)44(2)43;7-3(8)1-6(13,5(11)12)2-4(9)10/h3-12,19-21,23,26H,13-18,22H2,1-2H3;13H,1-2H2,(H,7,8)(H,9,10)(H,11,12). The summed E-state index contributed by atoms with van der Waals surface area (Å²) in [6.07, 6.45) is 1.85. The molecule has 2 atom stereocenters. The van der Waals surface area contributed by atoms with E-state index in [0.29, 0.717) is 35.2 Å². The number of nitro groups is 1. The lowest BCUT2D eigenvalue weighted by molar-refractivity contribution is -0.384. The number of aliphatic hydroxyl groups is 1. The van der Waals surface area contributed by atoms with Gasteiger partial charge in [0.2, 0.25) is 0 Å². The average molecular weight is 812 g/mol. The van der Waals surface area contributed by atoms with Crippen LogP contribution < -0.4 is 0 Å². The van der Waals surface area contributed by atoms with Gasteiger partial charge < -0.3 is 34.8 Å². The summed E-state index contributed by atoms with van der Waals surface area (Å²) in [5, 5.41) is 46.6. The summed E-state index contributed by atoms with van der Waals surface area (Å²) >= 11 is -1.06. The second-order valence-corrected chi connectivity index (χ2v) is 15.3. The average Bonchev–Trinajstić information content (AvgIpc) is 3.16. The number of hydrogen-bond acceptors (Lipinski definition) is 9. The molecule has 0 bridgehead atoms. The van der Waals surface area contributed by atoms with E-state index in [1.165, 1.54) is 23.1 Å². The van der Waals surface area contributed by atoms with Gasteiger partial charge in [-0.25, -0.2) is 13.6 Å². The molecular formula is C40H43F2N3O11S. The van der Waals surface area contributed by atoms with Crippen molar-refractivity contribution in [1.29, 1.82) is 0 Å². The van der Waals surface area contributed by atoms with Gasteiger partial charge in [-0.2, -0.15) is 0 Å². The highest BCUT2D eigenvalue weighted by molar-refractivity contribution is 7.90. The molecule has 1 amide bonds. The van der Waals surface area contributed by atoms with Crippen LogP contribution in [-0.2, 0) is 25.6 Å². The Morgan fingerprint density at radius 3 is 2.12 bits per heavy atom. The number of fused-ring (bicyclic) bond motifs is 1. The van der Waals surface area contributed by atoms with Gasteiger partial charge >= 0.3 is 17.9 Å². The number of piperidine rings is 1. The highest BCUT2D eigenvalue weighted by atomic mass is 32.2. The molecule has 1 aliphatic heterocycles. The zero-order chi connectivity index (χ0) is 42.0. The predicted octanol–water partition coefficient (Wildman–Crippen LogP) is 5.64. The first-order valence-corrected chi connectivity index (χ1v) is 19.4. The maximum atomic E-state index is 14.3. The molecule has 0 radical (unpaired) electrons. The number of carboxylic acids is 3. The van der Waals surface area contributed by atoms with Crippen LogP contribution in [0.1, 0.15) is 65.4 Å². The lowest BCUT2D eigenvalue weighted by atomic mass is 9.88. The van der Waals surface area contributed by atoms with E-state index in [2.05, 4.69) is 11.0 Å². The van der Waals surface area contributed by atoms with Crippen molar-refractivity contribution in [3.63, 3.8) is 0 Å². The number of amides is 1. The van der Waals surface area contributed by atoms with E-state index in [1.807, 2.05) is 18.2 Å². The topological polar surface area (TPSA) is 222 Å². The van der Waals surface area contributed by atoms with Gasteiger partial charge in [-0.3, -0.25) is 24.5 Å². The molecule has 0 aromatic heterocycles. The normalized spacial score (nSPS) is 14.6. The van der Waals surface area contributed by atoms with Gasteiger partial charge in [0.25, 0.3) is 11.6 Å². The third kappa shape index (κ3) is 11.8. The molecule has 2 unspecified atom stereocenters. The molecular weight excluding hydrogens is 769 g/mol. The number of rotatable bonds is 15. The highest BCUT2D eigenvalue weighted by Gasteiger charge is 2.41. The molecule has 14 nitrogen and oxygen atoms in total. The van der Waals surface area contributed by atoms with Crippen LogP contribution in [-0.4, -0.2) is 109 Å². The van der Waals surface area contributed by atoms with Gasteiger partial charge in [0.05, 0.1) is 23.3 Å². The maximum Gasteiger partial charge on any atom is 0.336 e. The first-order valence-electron chi connectivity index (χ1n) is 17.8. The molecule has 1 saturated heterocycles. The van der Waals surface area contributed by atoms with E-state index < -0.39 is 64.1 Å². The fourth-order valence-electron chi connectivity index (χ4n) is 6.93. The Labute approximate surface area is 329 Å². The lowest BCUT2D eigenvalue weighted by Gasteiger charge is -2.34. The van der Waals surface area contributed by atoms with E-state index in [9.17, 15) is 42.6 Å². The number of likely N-dealkylation sites (tertiary alicyclic amines) is 1. The second kappa shape index (κ2) is 19.6. The molecule has 0 aliphatic carbocycles. The van der Waals surface area contributed by atoms with Gasteiger partial charge in [-0.1, -0.05) is 48.5 Å². The van der Waals surface area contributed by atoms with Crippen molar-refractivity contribution < 1.29 is 57.9 Å². The number of benzene rings is 4. The zero-order valence-electron chi connectivity index (χ0n) is 31.2. The molecule has 304 valence electrons. The molecule has 0 saturated carbocycles. The minimum absolute atomic E-state index is 0.172. The number of halogens is 2. The molecule has 1 aliphatic rings. The van der Waals surface area contributed by atoms with Crippen LogP contribution in [0.4, 0.5) is 14.5 Å². The summed E-state index contributed by atoms with van der Waals surface area (Å²) in [4.78, 5) is 60.0. The molecule has 1 fully saturated rings. The Hall–Kier alpha value is -5.49. The summed E-state index contributed by atoms with van der Waals surface area (Å²) in [6.45, 7) is 2.59. The molecule has 1 heterocycles. The highest BCUT2D eigenvalue weighted by Crippen LogP contribution is 2.34. The van der Waals surface area contributed by atoms with Crippen LogP contribution in [0, 0.1) is 21.7 Å². The summed E-state index contributed by atoms with van der Waals surface area (Å²) in [5.41, 5.74) is -0.967. The van der Waals surface area contributed by atoms with Crippen molar-refractivity contribution in [1.82, 2.24) is 9.80 Å². The monoisotopic (exact) mass is 811 g/mol. The smallest absolute Gasteiger partial charge is 0.336 e. The van der Waals surface area contributed by atoms with Gasteiger partial charge in [0, 0.05) is 37.2 Å². The summed E-state index contributed by atoms with van der Waals surface area (Å²) in [5.74, 6) is -7.26. The quantitative estimate of drug-likeness (QED) is 0.0651. The minimum atomic E-state index is -2.74. The summed E-state index contributed by atoms with van der Waals surface area (Å²) in [7, 11) is 1.63. The number of carboxylic acid groups (broad SMARTS) is 3.